The Labute approximate surface area is 128 Å². The second kappa shape index (κ2) is 7.11. The van der Waals surface area contributed by atoms with Crippen LogP contribution in [0.4, 0.5) is 11.4 Å². The molecule has 2 aromatic carbocycles. The third-order valence-corrected chi connectivity index (χ3v) is 3.16. The van der Waals surface area contributed by atoms with Crippen molar-refractivity contribution in [3.8, 4) is 0 Å². The van der Waals surface area contributed by atoms with Crippen LogP contribution in [0.2, 0.25) is 5.02 Å². The number of halogens is 1. The largest absolute Gasteiger partial charge is 0.399 e. The van der Waals surface area contributed by atoms with Crippen molar-refractivity contribution in [2.24, 2.45) is 0 Å². The zero-order valence-corrected chi connectivity index (χ0v) is 12.5. The second-order valence-electron chi connectivity index (χ2n) is 4.75. The number of carbonyl (C=O) groups is 1. The van der Waals surface area contributed by atoms with Crippen molar-refractivity contribution in [1.29, 1.82) is 0 Å². The molecule has 0 atom stereocenters. The van der Waals surface area contributed by atoms with E-state index in [0.717, 1.165) is 11.1 Å². The molecule has 0 saturated heterocycles. The first-order valence-electron chi connectivity index (χ1n) is 6.53. The van der Waals surface area contributed by atoms with Gasteiger partial charge in [0.2, 0.25) is 5.91 Å². The number of carbonyl (C=O) groups excluding carboxylic acids is 1. The highest BCUT2D eigenvalue weighted by Crippen LogP contribution is 2.18. The van der Waals surface area contributed by atoms with E-state index in [2.05, 4.69) is 5.32 Å². The predicted octanol–water partition coefficient (Wildman–Crippen LogP) is 3.39. The van der Waals surface area contributed by atoms with Crippen LogP contribution in [0.1, 0.15) is 11.1 Å². The Bertz CT molecular complexity index is 644. The van der Waals surface area contributed by atoms with Crippen molar-refractivity contribution >= 4 is 28.9 Å². The Morgan fingerprint density at radius 2 is 2.10 bits per heavy atom. The molecule has 0 bridgehead atoms. The molecule has 1 amide bonds. The smallest absolute Gasteiger partial charge is 0.250 e. The lowest BCUT2D eigenvalue weighted by Gasteiger charge is -2.09. The summed E-state index contributed by atoms with van der Waals surface area (Å²) in [5.74, 6) is -0.217. The molecule has 0 radical (unpaired) electrons. The molecule has 5 heteroatoms. The van der Waals surface area contributed by atoms with E-state index in [4.69, 9.17) is 22.1 Å². The van der Waals surface area contributed by atoms with Crippen LogP contribution in [-0.4, -0.2) is 12.5 Å². The lowest BCUT2D eigenvalue weighted by atomic mass is 10.2. The van der Waals surface area contributed by atoms with Crippen molar-refractivity contribution in [3.05, 3.63) is 58.6 Å². The number of amides is 1. The molecule has 110 valence electrons. The highest BCUT2D eigenvalue weighted by molar-refractivity contribution is 6.30. The summed E-state index contributed by atoms with van der Waals surface area (Å²) in [6.07, 6.45) is 0. The van der Waals surface area contributed by atoms with Gasteiger partial charge in [0.15, 0.2) is 0 Å². The molecule has 0 fully saturated rings. The lowest BCUT2D eigenvalue weighted by molar-refractivity contribution is -0.121. The normalized spacial score (nSPS) is 10.4. The van der Waals surface area contributed by atoms with Gasteiger partial charge in [-0.05, 0) is 42.3 Å². The fourth-order valence-electron chi connectivity index (χ4n) is 1.85. The standard InChI is InChI=1S/C16H17ClN2O2/c1-11-5-6-14(18)8-15(11)19-16(20)10-21-9-12-3-2-4-13(17)7-12/h2-8H,9-10,18H2,1H3,(H,19,20). The molecule has 0 aliphatic carbocycles. The molecule has 2 rings (SSSR count). The first-order chi connectivity index (χ1) is 10.0. The van der Waals surface area contributed by atoms with Crippen LogP contribution in [0.25, 0.3) is 0 Å². The van der Waals surface area contributed by atoms with Crippen LogP contribution in [0, 0.1) is 6.92 Å². The highest BCUT2D eigenvalue weighted by atomic mass is 35.5. The monoisotopic (exact) mass is 304 g/mol. The third-order valence-electron chi connectivity index (χ3n) is 2.93. The average Bonchev–Trinajstić information content (AvgIpc) is 2.43. The van der Waals surface area contributed by atoms with Crippen molar-refractivity contribution in [1.82, 2.24) is 0 Å². The number of aryl methyl sites for hydroxylation is 1. The maximum Gasteiger partial charge on any atom is 0.250 e. The number of anilines is 2. The van der Waals surface area contributed by atoms with Gasteiger partial charge in [-0.25, -0.2) is 0 Å². The number of ether oxygens (including phenoxy) is 1. The predicted molar refractivity (Wildman–Crippen MR) is 85.3 cm³/mol. The quantitative estimate of drug-likeness (QED) is 0.832. The minimum absolute atomic E-state index is 0.0270. The molecule has 0 unspecified atom stereocenters. The van der Waals surface area contributed by atoms with Crippen LogP contribution in [-0.2, 0) is 16.1 Å². The van der Waals surface area contributed by atoms with Gasteiger partial charge in [-0.1, -0.05) is 29.8 Å². The van der Waals surface area contributed by atoms with E-state index in [9.17, 15) is 4.79 Å². The van der Waals surface area contributed by atoms with E-state index in [-0.39, 0.29) is 12.5 Å². The summed E-state index contributed by atoms with van der Waals surface area (Å²) in [7, 11) is 0. The van der Waals surface area contributed by atoms with Gasteiger partial charge >= 0.3 is 0 Å². The third kappa shape index (κ3) is 4.77. The van der Waals surface area contributed by atoms with E-state index in [1.807, 2.05) is 31.2 Å². The van der Waals surface area contributed by atoms with Crippen LogP contribution in [0.5, 0.6) is 0 Å². The van der Waals surface area contributed by atoms with Crippen molar-refractivity contribution in [3.63, 3.8) is 0 Å². The van der Waals surface area contributed by atoms with E-state index >= 15 is 0 Å². The van der Waals surface area contributed by atoms with E-state index < -0.39 is 0 Å². The van der Waals surface area contributed by atoms with Gasteiger partial charge in [0, 0.05) is 16.4 Å². The van der Waals surface area contributed by atoms with Gasteiger partial charge in [-0.3, -0.25) is 4.79 Å². The topological polar surface area (TPSA) is 64.3 Å². The van der Waals surface area contributed by atoms with Crippen LogP contribution in [0.3, 0.4) is 0 Å². The van der Waals surface area contributed by atoms with Crippen molar-refractivity contribution in [2.45, 2.75) is 13.5 Å². The van der Waals surface area contributed by atoms with Gasteiger partial charge in [0.25, 0.3) is 0 Å². The molecule has 21 heavy (non-hydrogen) atoms. The number of benzene rings is 2. The first kappa shape index (κ1) is 15.4. The van der Waals surface area contributed by atoms with Gasteiger partial charge in [-0.2, -0.15) is 0 Å². The Balaban J connectivity index is 1.84. The molecular weight excluding hydrogens is 288 g/mol. The summed E-state index contributed by atoms with van der Waals surface area (Å²) in [5, 5.41) is 3.43. The highest BCUT2D eigenvalue weighted by Gasteiger charge is 2.06. The summed E-state index contributed by atoms with van der Waals surface area (Å²) in [5.41, 5.74) is 8.88. The molecule has 0 aromatic heterocycles. The van der Waals surface area contributed by atoms with Crippen molar-refractivity contribution < 1.29 is 9.53 Å². The zero-order valence-electron chi connectivity index (χ0n) is 11.7. The van der Waals surface area contributed by atoms with Gasteiger partial charge in [0.1, 0.15) is 6.61 Å². The number of nitrogens with one attached hydrogen (secondary N) is 1. The van der Waals surface area contributed by atoms with Gasteiger partial charge < -0.3 is 15.8 Å². The molecule has 0 heterocycles. The Morgan fingerprint density at radius 1 is 1.29 bits per heavy atom. The second-order valence-corrected chi connectivity index (χ2v) is 5.18. The molecule has 4 nitrogen and oxygen atoms in total. The van der Waals surface area contributed by atoms with Crippen LogP contribution in [0.15, 0.2) is 42.5 Å². The average molecular weight is 305 g/mol. The fourth-order valence-corrected chi connectivity index (χ4v) is 2.06. The summed E-state index contributed by atoms with van der Waals surface area (Å²) in [4.78, 5) is 11.8. The summed E-state index contributed by atoms with van der Waals surface area (Å²) in [6.45, 7) is 2.21. The Kier molecular flexibility index (Phi) is 5.20. The lowest BCUT2D eigenvalue weighted by Crippen LogP contribution is -2.18. The first-order valence-corrected chi connectivity index (χ1v) is 6.90. The number of nitrogen functional groups attached to an aromatic ring is 1. The van der Waals surface area contributed by atoms with Crippen LogP contribution >= 0.6 is 11.6 Å². The zero-order chi connectivity index (χ0) is 15.2. The minimum atomic E-state index is -0.217. The molecule has 3 N–H and O–H groups in total. The molecule has 0 saturated carbocycles. The van der Waals surface area contributed by atoms with Crippen LogP contribution < -0.4 is 11.1 Å². The maximum absolute atomic E-state index is 11.8. The number of rotatable bonds is 5. The minimum Gasteiger partial charge on any atom is -0.399 e. The summed E-state index contributed by atoms with van der Waals surface area (Å²) >= 11 is 5.88. The number of nitrogens with two attached hydrogens (primary N) is 1. The van der Waals surface area contributed by atoms with Gasteiger partial charge in [0.05, 0.1) is 6.61 Å². The molecule has 0 aliphatic rings. The molecule has 2 aromatic rings. The number of hydrogen-bond donors (Lipinski definition) is 2. The Hall–Kier alpha value is -2.04. The van der Waals surface area contributed by atoms with Gasteiger partial charge in [-0.15, -0.1) is 0 Å². The molecule has 0 spiro atoms. The van der Waals surface area contributed by atoms with E-state index in [0.29, 0.717) is 23.0 Å². The number of hydrogen-bond acceptors (Lipinski definition) is 3. The SMILES string of the molecule is Cc1ccc(N)cc1NC(=O)COCc1cccc(Cl)c1. The molecule has 0 aliphatic heterocycles. The fraction of sp³-hybridized carbons (Fsp3) is 0.188. The van der Waals surface area contributed by atoms with E-state index in [1.165, 1.54) is 0 Å². The summed E-state index contributed by atoms with van der Waals surface area (Å²) < 4.78 is 5.38. The molecular formula is C16H17ClN2O2. The maximum atomic E-state index is 11.8. The Morgan fingerprint density at radius 3 is 2.86 bits per heavy atom. The summed E-state index contributed by atoms with van der Waals surface area (Å²) in [6, 6.07) is 12.7. The van der Waals surface area contributed by atoms with Crippen molar-refractivity contribution in [2.75, 3.05) is 17.7 Å². The van der Waals surface area contributed by atoms with E-state index in [1.54, 1.807) is 18.2 Å².